The summed E-state index contributed by atoms with van der Waals surface area (Å²) < 4.78 is 7.62. The van der Waals surface area contributed by atoms with E-state index in [2.05, 4.69) is 10.6 Å². The molecular formula is C35H44N6O6. The van der Waals surface area contributed by atoms with E-state index in [0.29, 0.717) is 43.6 Å². The van der Waals surface area contributed by atoms with Gasteiger partial charge in [0.25, 0.3) is 5.56 Å². The van der Waals surface area contributed by atoms with Gasteiger partial charge in [0.1, 0.15) is 12.1 Å². The number of aromatic nitrogens is 2. The standard InChI is InChI=1S/C35H44N6O6/c1-23-9-8-11-27(24(23)2)28-21-39(34(46)41(31(28)43)20-16-36-33(45)47-35(3,4)5)22-30(42)38-17-14-26(15-18-38)40-19-13-25-10-6-7-12-29(25)37-32(40)44/h6-12,21,26H,13-20,22H2,1-5H3,(H,36,45)(H,37,44). The van der Waals surface area contributed by atoms with Crippen molar-refractivity contribution < 1.29 is 19.1 Å². The number of nitrogens with zero attached hydrogens (tertiary/aromatic N) is 4. The molecule has 2 aliphatic heterocycles. The van der Waals surface area contributed by atoms with Crippen LogP contribution in [0.4, 0.5) is 15.3 Å². The maximum absolute atomic E-state index is 13.7. The lowest BCUT2D eigenvalue weighted by molar-refractivity contribution is -0.133. The molecule has 0 saturated carbocycles. The van der Waals surface area contributed by atoms with E-state index in [1.165, 1.54) is 10.8 Å². The topological polar surface area (TPSA) is 135 Å². The summed E-state index contributed by atoms with van der Waals surface area (Å²) in [7, 11) is 0. The predicted molar refractivity (Wildman–Crippen MR) is 180 cm³/mol. The zero-order chi connectivity index (χ0) is 33.9. The zero-order valence-corrected chi connectivity index (χ0v) is 27.8. The highest BCUT2D eigenvalue weighted by Crippen LogP contribution is 2.25. The van der Waals surface area contributed by atoms with Gasteiger partial charge in [0.2, 0.25) is 5.91 Å². The van der Waals surface area contributed by atoms with Crippen LogP contribution in [0.3, 0.4) is 0 Å². The normalized spacial score (nSPS) is 15.5. The first-order chi connectivity index (χ1) is 22.3. The molecule has 5 rings (SSSR count). The number of aryl methyl sites for hydroxylation is 1. The number of urea groups is 1. The van der Waals surface area contributed by atoms with Crippen LogP contribution in [0.25, 0.3) is 11.1 Å². The number of para-hydroxylation sites is 1. The van der Waals surface area contributed by atoms with Crippen LogP contribution in [0, 0.1) is 13.8 Å². The molecule has 2 aliphatic rings. The Kier molecular flexibility index (Phi) is 9.88. The molecule has 0 bridgehead atoms. The quantitative estimate of drug-likeness (QED) is 0.401. The Morgan fingerprint density at radius 3 is 2.40 bits per heavy atom. The highest BCUT2D eigenvalue weighted by Gasteiger charge is 2.31. The van der Waals surface area contributed by atoms with Gasteiger partial charge in [-0.3, -0.25) is 18.7 Å². The second-order valence-electron chi connectivity index (χ2n) is 13.2. The van der Waals surface area contributed by atoms with Gasteiger partial charge >= 0.3 is 17.8 Å². The number of piperidine rings is 1. The smallest absolute Gasteiger partial charge is 0.407 e. The van der Waals surface area contributed by atoms with Crippen molar-refractivity contribution in [1.82, 2.24) is 24.3 Å². The Morgan fingerprint density at radius 2 is 1.68 bits per heavy atom. The van der Waals surface area contributed by atoms with E-state index in [1.807, 2.05) is 61.2 Å². The first-order valence-electron chi connectivity index (χ1n) is 16.1. The summed E-state index contributed by atoms with van der Waals surface area (Å²) in [4.78, 5) is 69.7. The third kappa shape index (κ3) is 7.75. The number of hydrogen-bond donors (Lipinski definition) is 2. The summed E-state index contributed by atoms with van der Waals surface area (Å²) in [5.74, 6) is -0.248. The molecule has 4 amide bonds. The first-order valence-corrected chi connectivity index (χ1v) is 16.1. The summed E-state index contributed by atoms with van der Waals surface area (Å²) in [6, 6.07) is 13.3. The van der Waals surface area contributed by atoms with E-state index < -0.39 is 22.9 Å². The average Bonchev–Trinajstić information content (AvgIpc) is 3.19. The number of hydrogen-bond acceptors (Lipinski definition) is 6. The number of ether oxygens (including phenoxy) is 1. The fraction of sp³-hybridized carbons (Fsp3) is 0.457. The van der Waals surface area contributed by atoms with E-state index in [1.54, 1.807) is 25.7 Å². The monoisotopic (exact) mass is 644 g/mol. The Hall–Kier alpha value is -4.87. The number of likely N-dealkylation sites (tertiary alicyclic amines) is 1. The fourth-order valence-electron chi connectivity index (χ4n) is 6.19. The fourth-order valence-corrected chi connectivity index (χ4v) is 6.19. The molecule has 1 aromatic heterocycles. The van der Waals surface area contributed by atoms with Gasteiger partial charge in [0.05, 0.1) is 5.56 Å². The SMILES string of the molecule is Cc1cccc(-c2cn(CC(=O)N3CCC(N4CCc5ccccc5NC4=O)CC3)c(=O)n(CCNC(=O)OC(C)(C)C)c2=O)c1C. The largest absolute Gasteiger partial charge is 0.444 e. The maximum atomic E-state index is 13.7. The molecule has 0 spiro atoms. The summed E-state index contributed by atoms with van der Waals surface area (Å²) in [5, 5.41) is 5.62. The summed E-state index contributed by atoms with van der Waals surface area (Å²) >= 11 is 0. The van der Waals surface area contributed by atoms with E-state index in [9.17, 15) is 24.0 Å². The van der Waals surface area contributed by atoms with Gasteiger partial charge in [-0.2, -0.15) is 0 Å². The van der Waals surface area contributed by atoms with Crippen LogP contribution < -0.4 is 21.9 Å². The highest BCUT2D eigenvalue weighted by molar-refractivity contribution is 5.91. The molecule has 0 aliphatic carbocycles. The molecule has 1 fully saturated rings. The molecule has 0 radical (unpaired) electrons. The third-order valence-corrected chi connectivity index (χ3v) is 8.84. The summed E-state index contributed by atoms with van der Waals surface area (Å²) in [6.45, 7) is 10.2. The lowest BCUT2D eigenvalue weighted by atomic mass is 9.99. The molecule has 0 unspecified atom stereocenters. The molecule has 250 valence electrons. The van der Waals surface area contributed by atoms with Crippen LogP contribution in [0.2, 0.25) is 0 Å². The third-order valence-electron chi connectivity index (χ3n) is 8.84. The molecule has 2 aromatic carbocycles. The lowest BCUT2D eigenvalue weighted by Gasteiger charge is -2.38. The Morgan fingerprint density at radius 1 is 0.957 bits per heavy atom. The van der Waals surface area contributed by atoms with E-state index in [4.69, 9.17) is 4.74 Å². The van der Waals surface area contributed by atoms with Gasteiger partial charge in [-0.05, 0) is 82.2 Å². The highest BCUT2D eigenvalue weighted by atomic mass is 16.6. The van der Waals surface area contributed by atoms with Crippen molar-refractivity contribution in [3.63, 3.8) is 0 Å². The number of rotatable bonds is 7. The molecule has 3 heterocycles. The van der Waals surface area contributed by atoms with Gasteiger partial charge in [-0.15, -0.1) is 0 Å². The number of nitrogens with one attached hydrogen (secondary N) is 2. The Labute approximate surface area is 274 Å². The van der Waals surface area contributed by atoms with Gasteiger partial charge in [-0.25, -0.2) is 14.4 Å². The Bertz CT molecular complexity index is 1780. The minimum absolute atomic E-state index is 0.00800. The Balaban J connectivity index is 1.32. The van der Waals surface area contributed by atoms with Crippen LogP contribution in [0.1, 0.15) is 50.3 Å². The number of amides is 4. The van der Waals surface area contributed by atoms with Crippen molar-refractivity contribution >= 4 is 23.7 Å². The van der Waals surface area contributed by atoms with Crippen molar-refractivity contribution in [2.45, 2.75) is 78.6 Å². The summed E-state index contributed by atoms with van der Waals surface area (Å²) in [6.07, 6.45) is 2.80. The molecule has 12 heteroatoms. The van der Waals surface area contributed by atoms with Crippen molar-refractivity contribution in [3.05, 3.63) is 86.2 Å². The maximum Gasteiger partial charge on any atom is 0.407 e. The van der Waals surface area contributed by atoms with Gasteiger partial charge < -0.3 is 25.2 Å². The molecule has 12 nitrogen and oxygen atoms in total. The van der Waals surface area contributed by atoms with Crippen LogP contribution in [-0.4, -0.2) is 74.8 Å². The number of anilines is 1. The molecule has 1 saturated heterocycles. The number of fused-ring (bicyclic) bond motifs is 1. The molecule has 47 heavy (non-hydrogen) atoms. The zero-order valence-electron chi connectivity index (χ0n) is 27.8. The van der Waals surface area contributed by atoms with E-state index in [0.717, 1.165) is 33.4 Å². The van der Waals surface area contributed by atoms with Crippen LogP contribution in [0.15, 0.2) is 58.3 Å². The minimum atomic E-state index is -0.698. The van der Waals surface area contributed by atoms with Crippen molar-refractivity contribution in [1.29, 1.82) is 0 Å². The van der Waals surface area contributed by atoms with E-state index in [-0.39, 0.29) is 37.6 Å². The number of carbonyl (C=O) groups is 3. The average molecular weight is 645 g/mol. The predicted octanol–water partition coefficient (Wildman–Crippen LogP) is 3.90. The van der Waals surface area contributed by atoms with Gasteiger partial charge in [-0.1, -0.05) is 36.4 Å². The molecule has 2 N–H and O–H groups in total. The molecular weight excluding hydrogens is 600 g/mol. The van der Waals surface area contributed by atoms with Crippen molar-refractivity contribution in [2.24, 2.45) is 0 Å². The number of alkyl carbamates (subject to hydrolysis) is 1. The van der Waals surface area contributed by atoms with Crippen LogP contribution in [0.5, 0.6) is 0 Å². The lowest BCUT2D eigenvalue weighted by Crippen LogP contribution is -2.51. The number of benzene rings is 2. The van der Waals surface area contributed by atoms with Crippen molar-refractivity contribution in [3.8, 4) is 11.1 Å². The minimum Gasteiger partial charge on any atom is -0.444 e. The van der Waals surface area contributed by atoms with Crippen LogP contribution in [-0.2, 0) is 29.0 Å². The second-order valence-corrected chi connectivity index (χ2v) is 13.2. The summed E-state index contributed by atoms with van der Waals surface area (Å²) in [5.41, 5.74) is 2.93. The van der Waals surface area contributed by atoms with Gasteiger partial charge in [0.15, 0.2) is 0 Å². The van der Waals surface area contributed by atoms with Crippen LogP contribution >= 0.6 is 0 Å². The molecule has 3 aromatic rings. The van der Waals surface area contributed by atoms with E-state index >= 15 is 0 Å². The second kappa shape index (κ2) is 13.9. The molecule has 0 atom stereocenters. The number of carbonyl (C=O) groups excluding carboxylic acids is 3. The first kappa shape index (κ1) is 33.5. The van der Waals surface area contributed by atoms with Crippen molar-refractivity contribution in [2.75, 3.05) is 31.5 Å². The van der Waals surface area contributed by atoms with Gasteiger partial charge in [0, 0.05) is 50.6 Å².